The molecule has 5 nitrogen and oxygen atoms in total. The highest BCUT2D eigenvalue weighted by Gasteiger charge is 2.54. The molecule has 0 spiro atoms. The molecule has 1 unspecified atom stereocenters. The number of alkyl halides is 3. The third-order valence-electron chi connectivity index (χ3n) is 5.22. The molecule has 2 aromatic rings. The molecule has 1 saturated heterocycles. The maximum Gasteiger partial charge on any atom is 0.471 e. The standard InChI is InChI=1S/C19H17ClF3N3O2S/c1-9-25-15(16(29-9)10-3-2-4-12(20)5-10)17(27)26-13(6-11-7-14(11)26)8-24-18(28)19(21,22)23/h2-5,11,13-14H,6-8H2,1H3,(H,24,28)/t11-,13+,14?/m1/s1. The molecule has 1 aromatic heterocycles. The number of piperidine rings is 1. The first-order chi connectivity index (χ1) is 13.6. The molecule has 29 heavy (non-hydrogen) atoms. The molecular formula is C19H17ClF3N3O2S. The molecule has 1 saturated carbocycles. The zero-order valence-corrected chi connectivity index (χ0v) is 16.9. The Kier molecular flexibility index (Phi) is 5.06. The normalized spacial score (nSPS) is 23.1. The van der Waals surface area contributed by atoms with Gasteiger partial charge in [-0.15, -0.1) is 11.3 Å². The summed E-state index contributed by atoms with van der Waals surface area (Å²) in [6.07, 6.45) is -3.54. The van der Waals surface area contributed by atoms with Crippen LogP contribution >= 0.6 is 22.9 Å². The number of benzene rings is 1. The lowest BCUT2D eigenvalue weighted by atomic mass is 10.1. The number of nitrogens with zero attached hydrogens (tertiary/aromatic N) is 2. The minimum absolute atomic E-state index is 0.00972. The van der Waals surface area contributed by atoms with Gasteiger partial charge in [0, 0.05) is 17.6 Å². The summed E-state index contributed by atoms with van der Waals surface area (Å²) < 4.78 is 37.5. The predicted octanol–water partition coefficient (Wildman–Crippen LogP) is 4.05. The number of carbonyl (C=O) groups excluding carboxylic acids is 2. The fourth-order valence-corrected chi connectivity index (χ4v) is 4.99. The predicted molar refractivity (Wildman–Crippen MR) is 103 cm³/mol. The molecule has 2 fully saturated rings. The van der Waals surface area contributed by atoms with E-state index in [0.29, 0.717) is 21.3 Å². The largest absolute Gasteiger partial charge is 0.471 e. The van der Waals surface area contributed by atoms with Crippen molar-refractivity contribution in [1.82, 2.24) is 15.2 Å². The zero-order valence-electron chi connectivity index (χ0n) is 15.3. The highest BCUT2D eigenvalue weighted by molar-refractivity contribution is 7.15. The summed E-state index contributed by atoms with van der Waals surface area (Å²) in [6.45, 7) is 1.56. The monoisotopic (exact) mass is 443 g/mol. The van der Waals surface area contributed by atoms with Crippen LogP contribution < -0.4 is 5.32 Å². The number of carbonyl (C=O) groups is 2. The van der Waals surface area contributed by atoms with E-state index in [-0.39, 0.29) is 30.1 Å². The highest BCUT2D eigenvalue weighted by atomic mass is 35.5. The Labute approximate surface area is 173 Å². The Morgan fingerprint density at radius 3 is 2.79 bits per heavy atom. The van der Waals surface area contributed by atoms with Crippen LogP contribution in [0.3, 0.4) is 0 Å². The number of aryl methyl sites for hydroxylation is 1. The molecule has 1 N–H and O–H groups in total. The zero-order chi connectivity index (χ0) is 20.9. The van der Waals surface area contributed by atoms with Gasteiger partial charge in [-0.05, 0) is 43.4 Å². The van der Waals surface area contributed by atoms with Crippen molar-refractivity contribution in [1.29, 1.82) is 0 Å². The van der Waals surface area contributed by atoms with Crippen LogP contribution in [-0.2, 0) is 4.79 Å². The topological polar surface area (TPSA) is 62.3 Å². The van der Waals surface area contributed by atoms with E-state index in [9.17, 15) is 22.8 Å². The number of thiazole rings is 1. The molecule has 2 amide bonds. The SMILES string of the molecule is Cc1nc(C(=O)N2C3C[C@H]3C[C@H]2CNC(=O)C(F)(F)F)c(-c2cccc(Cl)c2)s1. The van der Waals surface area contributed by atoms with Gasteiger partial charge in [-0.25, -0.2) is 4.98 Å². The van der Waals surface area contributed by atoms with Crippen LogP contribution in [0.2, 0.25) is 5.02 Å². The first-order valence-corrected chi connectivity index (χ1v) is 10.3. The van der Waals surface area contributed by atoms with Gasteiger partial charge >= 0.3 is 12.1 Å². The molecule has 3 atom stereocenters. The fourth-order valence-electron chi connectivity index (χ4n) is 3.89. The van der Waals surface area contributed by atoms with Crippen molar-refractivity contribution < 1.29 is 22.8 Å². The maximum atomic E-state index is 13.3. The number of hydrogen-bond donors (Lipinski definition) is 1. The van der Waals surface area contributed by atoms with Gasteiger partial charge < -0.3 is 10.2 Å². The van der Waals surface area contributed by atoms with E-state index in [0.717, 1.165) is 12.0 Å². The fraction of sp³-hybridized carbons (Fsp3) is 0.421. The lowest BCUT2D eigenvalue weighted by Crippen LogP contribution is -2.48. The average Bonchev–Trinajstić information content (AvgIpc) is 3.13. The van der Waals surface area contributed by atoms with Crippen molar-refractivity contribution >= 4 is 34.8 Å². The molecule has 154 valence electrons. The molecule has 10 heteroatoms. The van der Waals surface area contributed by atoms with E-state index in [2.05, 4.69) is 4.98 Å². The number of aromatic nitrogens is 1. The quantitative estimate of drug-likeness (QED) is 0.775. The van der Waals surface area contributed by atoms with Crippen LogP contribution in [0, 0.1) is 12.8 Å². The number of amides is 2. The average molecular weight is 444 g/mol. The van der Waals surface area contributed by atoms with E-state index in [4.69, 9.17) is 11.6 Å². The Hall–Kier alpha value is -2.13. The second-order valence-electron chi connectivity index (χ2n) is 7.29. The highest BCUT2D eigenvalue weighted by Crippen LogP contribution is 2.48. The van der Waals surface area contributed by atoms with Gasteiger partial charge in [-0.2, -0.15) is 13.2 Å². The summed E-state index contributed by atoms with van der Waals surface area (Å²) in [6, 6.07) is 6.60. The summed E-state index contributed by atoms with van der Waals surface area (Å²) in [7, 11) is 0. The van der Waals surface area contributed by atoms with E-state index < -0.39 is 18.1 Å². The van der Waals surface area contributed by atoms with Crippen LogP contribution in [0.1, 0.15) is 28.3 Å². The van der Waals surface area contributed by atoms with Gasteiger partial charge in [-0.3, -0.25) is 9.59 Å². The second kappa shape index (κ2) is 7.28. The van der Waals surface area contributed by atoms with Crippen molar-refractivity contribution in [2.75, 3.05) is 6.54 Å². The third-order valence-corrected chi connectivity index (χ3v) is 6.48. The van der Waals surface area contributed by atoms with Crippen LogP contribution in [0.25, 0.3) is 10.4 Å². The van der Waals surface area contributed by atoms with Crippen LogP contribution in [-0.4, -0.2) is 46.5 Å². The number of rotatable bonds is 4. The summed E-state index contributed by atoms with van der Waals surface area (Å²) >= 11 is 7.44. The Bertz CT molecular complexity index is 978. The molecule has 2 heterocycles. The van der Waals surface area contributed by atoms with Crippen molar-refractivity contribution in [3.8, 4) is 10.4 Å². The van der Waals surface area contributed by atoms with Crippen molar-refractivity contribution in [2.45, 2.75) is 38.0 Å². The first kappa shape index (κ1) is 20.2. The smallest absolute Gasteiger partial charge is 0.346 e. The Balaban J connectivity index is 1.58. The molecule has 4 rings (SSSR count). The summed E-state index contributed by atoms with van der Waals surface area (Å²) in [5, 5.41) is 3.14. The van der Waals surface area contributed by atoms with E-state index >= 15 is 0 Å². The summed E-state index contributed by atoms with van der Waals surface area (Å²) in [4.78, 5) is 31.2. The van der Waals surface area contributed by atoms with Crippen LogP contribution in [0.15, 0.2) is 24.3 Å². The lowest BCUT2D eigenvalue weighted by molar-refractivity contribution is -0.173. The van der Waals surface area contributed by atoms with Gasteiger partial charge in [0.15, 0.2) is 0 Å². The van der Waals surface area contributed by atoms with Crippen LogP contribution in [0.5, 0.6) is 0 Å². The molecule has 0 radical (unpaired) electrons. The van der Waals surface area contributed by atoms with Gasteiger partial charge in [0.25, 0.3) is 5.91 Å². The number of likely N-dealkylation sites (tertiary alicyclic amines) is 1. The molecule has 1 aliphatic heterocycles. The van der Waals surface area contributed by atoms with Gasteiger partial charge in [0.05, 0.1) is 15.9 Å². The van der Waals surface area contributed by atoms with Gasteiger partial charge in [-0.1, -0.05) is 23.7 Å². The number of fused-ring (bicyclic) bond motifs is 1. The Morgan fingerprint density at radius 2 is 2.10 bits per heavy atom. The maximum absolute atomic E-state index is 13.3. The van der Waals surface area contributed by atoms with Crippen molar-refractivity contribution in [3.63, 3.8) is 0 Å². The minimum atomic E-state index is -4.94. The first-order valence-electron chi connectivity index (χ1n) is 9.06. The van der Waals surface area contributed by atoms with E-state index in [1.54, 1.807) is 30.0 Å². The minimum Gasteiger partial charge on any atom is -0.346 e. The van der Waals surface area contributed by atoms with Crippen molar-refractivity contribution in [3.05, 3.63) is 40.0 Å². The molecule has 1 aliphatic carbocycles. The van der Waals surface area contributed by atoms with Gasteiger partial charge in [0.1, 0.15) is 5.69 Å². The summed E-state index contributed by atoms with van der Waals surface area (Å²) in [5.74, 6) is -2.05. The van der Waals surface area contributed by atoms with E-state index in [1.165, 1.54) is 11.3 Å². The molecule has 1 aromatic carbocycles. The molecular weight excluding hydrogens is 427 g/mol. The Morgan fingerprint density at radius 1 is 1.34 bits per heavy atom. The van der Waals surface area contributed by atoms with Crippen LogP contribution in [0.4, 0.5) is 13.2 Å². The number of hydrogen-bond acceptors (Lipinski definition) is 4. The molecule has 2 aliphatic rings. The number of nitrogens with one attached hydrogen (secondary N) is 1. The number of halogens is 4. The van der Waals surface area contributed by atoms with Gasteiger partial charge in [0.2, 0.25) is 0 Å². The lowest BCUT2D eigenvalue weighted by Gasteiger charge is -2.27. The van der Waals surface area contributed by atoms with Crippen molar-refractivity contribution in [2.24, 2.45) is 5.92 Å². The second-order valence-corrected chi connectivity index (χ2v) is 8.93. The van der Waals surface area contributed by atoms with E-state index in [1.807, 2.05) is 11.4 Å². The summed E-state index contributed by atoms with van der Waals surface area (Å²) in [5.41, 5.74) is 1.04. The third kappa shape index (κ3) is 3.98. The molecule has 0 bridgehead atoms.